The first-order valence-corrected chi connectivity index (χ1v) is 7.41. The number of nitrogens with one attached hydrogen (secondary N) is 1. The maximum absolute atomic E-state index is 12.1. The average Bonchev–Trinajstić information content (AvgIpc) is 2.81. The molecule has 1 aromatic rings. The van der Waals surface area contributed by atoms with Gasteiger partial charge in [0.1, 0.15) is 5.60 Å². The summed E-state index contributed by atoms with van der Waals surface area (Å²) in [6.45, 7) is 5.58. The molecule has 1 N–H and O–H groups in total. The van der Waals surface area contributed by atoms with Crippen molar-refractivity contribution in [3.05, 3.63) is 35.9 Å². The molecule has 2 unspecified atom stereocenters. The van der Waals surface area contributed by atoms with E-state index in [0.29, 0.717) is 6.42 Å². The lowest BCUT2D eigenvalue weighted by Crippen LogP contribution is -2.34. The predicted molar refractivity (Wildman–Crippen MR) is 80.8 cm³/mol. The van der Waals surface area contributed by atoms with Gasteiger partial charge < -0.3 is 10.1 Å². The van der Waals surface area contributed by atoms with E-state index in [1.807, 2.05) is 51.1 Å². The lowest BCUT2D eigenvalue weighted by atomic mass is 9.87. The summed E-state index contributed by atoms with van der Waals surface area (Å²) in [5, 5.41) is 2.97. The number of esters is 1. The summed E-state index contributed by atoms with van der Waals surface area (Å²) in [7, 11) is 0. The van der Waals surface area contributed by atoms with E-state index in [1.165, 1.54) is 0 Å². The van der Waals surface area contributed by atoms with E-state index >= 15 is 0 Å². The summed E-state index contributed by atoms with van der Waals surface area (Å²) in [4.78, 5) is 23.6. The summed E-state index contributed by atoms with van der Waals surface area (Å²) in [5.41, 5.74) is 0.576. The van der Waals surface area contributed by atoms with Crippen LogP contribution in [0.1, 0.15) is 51.5 Å². The first-order chi connectivity index (χ1) is 9.85. The maximum atomic E-state index is 12.1. The predicted octanol–water partition coefficient (Wildman–Crippen LogP) is 2.78. The Labute approximate surface area is 125 Å². The van der Waals surface area contributed by atoms with Crippen LogP contribution in [0.5, 0.6) is 0 Å². The average molecular weight is 289 g/mol. The number of benzene rings is 1. The number of hydrogen-bond donors (Lipinski definition) is 1. The van der Waals surface area contributed by atoms with E-state index in [2.05, 4.69) is 5.32 Å². The number of hydrogen-bond acceptors (Lipinski definition) is 3. The minimum Gasteiger partial charge on any atom is -0.460 e. The second-order valence-electron chi connectivity index (χ2n) is 6.52. The van der Waals surface area contributed by atoms with Gasteiger partial charge in [0.05, 0.1) is 6.42 Å². The Morgan fingerprint density at radius 3 is 2.52 bits per heavy atom. The summed E-state index contributed by atoms with van der Waals surface area (Å²) >= 11 is 0. The van der Waals surface area contributed by atoms with Gasteiger partial charge in [0.15, 0.2) is 0 Å². The number of rotatable bonds is 4. The molecule has 4 nitrogen and oxygen atoms in total. The molecule has 114 valence electrons. The zero-order valence-corrected chi connectivity index (χ0v) is 12.9. The van der Waals surface area contributed by atoms with E-state index in [0.717, 1.165) is 12.0 Å². The van der Waals surface area contributed by atoms with Crippen molar-refractivity contribution >= 4 is 11.9 Å². The Morgan fingerprint density at radius 2 is 2.00 bits per heavy atom. The molecule has 1 saturated heterocycles. The fourth-order valence-electron chi connectivity index (χ4n) is 2.69. The summed E-state index contributed by atoms with van der Waals surface area (Å²) < 4.78 is 5.42. The molecule has 1 heterocycles. The summed E-state index contributed by atoms with van der Waals surface area (Å²) in [5.74, 6) is -0.199. The zero-order valence-electron chi connectivity index (χ0n) is 12.9. The van der Waals surface area contributed by atoms with Crippen molar-refractivity contribution in [3.8, 4) is 0 Å². The van der Waals surface area contributed by atoms with Gasteiger partial charge in [-0.1, -0.05) is 30.3 Å². The third kappa shape index (κ3) is 4.59. The van der Waals surface area contributed by atoms with Crippen molar-refractivity contribution in [1.29, 1.82) is 0 Å². The standard InChI is InChI=1S/C17H23NO3/c1-17(2,3)21-16(20)11-13(12-7-5-4-6-8-12)14-9-10-15(19)18-14/h4-8,13-14H,9-11H2,1-3H3,(H,18,19). The van der Waals surface area contributed by atoms with Crippen molar-refractivity contribution in [2.45, 2.75) is 57.6 Å². The van der Waals surface area contributed by atoms with E-state index in [-0.39, 0.29) is 30.3 Å². The molecule has 1 aliphatic rings. The molecule has 2 atom stereocenters. The zero-order chi connectivity index (χ0) is 15.5. The molecule has 1 amide bonds. The fourth-order valence-corrected chi connectivity index (χ4v) is 2.69. The van der Waals surface area contributed by atoms with Crippen LogP contribution in [0.3, 0.4) is 0 Å². The van der Waals surface area contributed by atoms with Crippen molar-refractivity contribution in [2.24, 2.45) is 0 Å². The van der Waals surface area contributed by atoms with Crippen LogP contribution >= 0.6 is 0 Å². The first-order valence-electron chi connectivity index (χ1n) is 7.41. The Kier molecular flexibility index (Phi) is 4.66. The van der Waals surface area contributed by atoms with Gasteiger partial charge >= 0.3 is 5.97 Å². The van der Waals surface area contributed by atoms with Gasteiger partial charge in [0.25, 0.3) is 0 Å². The Bertz CT molecular complexity index is 505. The van der Waals surface area contributed by atoms with Crippen molar-refractivity contribution in [3.63, 3.8) is 0 Å². The van der Waals surface area contributed by atoms with Gasteiger partial charge in [0.2, 0.25) is 5.91 Å². The van der Waals surface area contributed by atoms with Crippen LogP contribution in [0.4, 0.5) is 0 Å². The lowest BCUT2D eigenvalue weighted by molar-refractivity contribution is -0.155. The van der Waals surface area contributed by atoms with Crippen LogP contribution in [-0.2, 0) is 14.3 Å². The van der Waals surface area contributed by atoms with Crippen LogP contribution in [0.25, 0.3) is 0 Å². The van der Waals surface area contributed by atoms with Crippen LogP contribution in [0, 0.1) is 0 Å². The highest BCUT2D eigenvalue weighted by Gasteiger charge is 2.32. The summed E-state index contributed by atoms with van der Waals surface area (Å²) in [6.07, 6.45) is 1.58. The number of amides is 1. The number of carbonyl (C=O) groups excluding carboxylic acids is 2. The fraction of sp³-hybridized carbons (Fsp3) is 0.529. The molecule has 0 aliphatic carbocycles. The largest absolute Gasteiger partial charge is 0.460 e. The molecule has 0 saturated carbocycles. The SMILES string of the molecule is CC(C)(C)OC(=O)CC(c1ccccc1)C1CCC(=O)N1. The monoisotopic (exact) mass is 289 g/mol. The van der Waals surface area contributed by atoms with Crippen molar-refractivity contribution < 1.29 is 14.3 Å². The second-order valence-corrected chi connectivity index (χ2v) is 6.52. The highest BCUT2D eigenvalue weighted by atomic mass is 16.6. The highest BCUT2D eigenvalue weighted by molar-refractivity contribution is 5.79. The van der Waals surface area contributed by atoms with Gasteiger partial charge in [-0.2, -0.15) is 0 Å². The van der Waals surface area contributed by atoms with Crippen LogP contribution in [-0.4, -0.2) is 23.5 Å². The quantitative estimate of drug-likeness (QED) is 0.867. The molecular formula is C17H23NO3. The third-order valence-electron chi connectivity index (χ3n) is 3.55. The van der Waals surface area contributed by atoms with Gasteiger partial charge in [-0.15, -0.1) is 0 Å². The molecule has 2 rings (SSSR count). The maximum Gasteiger partial charge on any atom is 0.307 e. The molecule has 1 fully saturated rings. The van der Waals surface area contributed by atoms with E-state index in [9.17, 15) is 9.59 Å². The van der Waals surface area contributed by atoms with Gasteiger partial charge in [-0.25, -0.2) is 0 Å². The highest BCUT2D eigenvalue weighted by Crippen LogP contribution is 2.29. The molecule has 21 heavy (non-hydrogen) atoms. The molecular weight excluding hydrogens is 266 g/mol. The lowest BCUT2D eigenvalue weighted by Gasteiger charge is -2.26. The van der Waals surface area contributed by atoms with Crippen molar-refractivity contribution in [1.82, 2.24) is 5.32 Å². The molecule has 0 radical (unpaired) electrons. The minimum absolute atomic E-state index is 0.00687. The minimum atomic E-state index is -0.489. The van der Waals surface area contributed by atoms with Crippen LogP contribution in [0.15, 0.2) is 30.3 Å². The number of ether oxygens (including phenoxy) is 1. The molecule has 1 aromatic carbocycles. The number of carbonyl (C=O) groups is 2. The Balaban J connectivity index is 2.13. The van der Waals surface area contributed by atoms with Gasteiger partial charge in [-0.3, -0.25) is 9.59 Å². The molecule has 4 heteroatoms. The second kappa shape index (κ2) is 6.29. The van der Waals surface area contributed by atoms with Crippen molar-refractivity contribution in [2.75, 3.05) is 0 Å². The Morgan fingerprint density at radius 1 is 1.33 bits per heavy atom. The van der Waals surface area contributed by atoms with Crippen LogP contribution < -0.4 is 5.32 Å². The topological polar surface area (TPSA) is 55.4 Å². The smallest absolute Gasteiger partial charge is 0.307 e. The third-order valence-corrected chi connectivity index (χ3v) is 3.55. The van der Waals surface area contributed by atoms with Gasteiger partial charge in [0, 0.05) is 18.4 Å². The van der Waals surface area contributed by atoms with E-state index < -0.39 is 5.60 Å². The van der Waals surface area contributed by atoms with Gasteiger partial charge in [-0.05, 0) is 32.8 Å². The normalized spacial score (nSPS) is 20.0. The molecule has 0 bridgehead atoms. The molecule has 0 spiro atoms. The Hall–Kier alpha value is -1.84. The van der Waals surface area contributed by atoms with E-state index in [4.69, 9.17) is 4.74 Å². The van der Waals surface area contributed by atoms with E-state index in [1.54, 1.807) is 0 Å². The van der Waals surface area contributed by atoms with Crippen LogP contribution in [0.2, 0.25) is 0 Å². The first kappa shape index (κ1) is 15.5. The molecule has 0 aromatic heterocycles. The molecule has 1 aliphatic heterocycles. The summed E-state index contributed by atoms with van der Waals surface area (Å²) in [6, 6.07) is 9.86.